The molecule has 1 fully saturated rings. The van der Waals surface area contributed by atoms with Crippen molar-refractivity contribution < 1.29 is 19.5 Å². The SMILES string of the molecule is CC(C)[C@H](NC(=O)NC(=O)C1(C)CC1(Cl)Cl)C(=O)O. The van der Waals surface area contributed by atoms with Crippen LogP contribution < -0.4 is 10.6 Å². The van der Waals surface area contributed by atoms with Crippen LogP contribution >= 0.6 is 23.2 Å². The summed E-state index contributed by atoms with van der Waals surface area (Å²) in [5, 5.41) is 13.2. The number of hydrogen-bond acceptors (Lipinski definition) is 3. The number of carbonyl (C=O) groups excluding carboxylic acids is 2. The monoisotopic (exact) mass is 310 g/mol. The van der Waals surface area contributed by atoms with Crippen molar-refractivity contribution in [2.24, 2.45) is 11.3 Å². The van der Waals surface area contributed by atoms with Crippen molar-refractivity contribution in [3.05, 3.63) is 0 Å². The molecule has 1 aliphatic rings. The molecule has 0 saturated heterocycles. The van der Waals surface area contributed by atoms with Crippen molar-refractivity contribution in [2.75, 3.05) is 0 Å². The summed E-state index contributed by atoms with van der Waals surface area (Å²) in [5.41, 5.74) is -1.02. The molecule has 0 aromatic rings. The van der Waals surface area contributed by atoms with Crippen molar-refractivity contribution in [2.45, 2.75) is 37.6 Å². The fourth-order valence-electron chi connectivity index (χ4n) is 1.58. The highest BCUT2D eigenvalue weighted by Crippen LogP contribution is 2.63. The van der Waals surface area contributed by atoms with Gasteiger partial charge in [-0.3, -0.25) is 10.1 Å². The molecular formula is C11H16Cl2N2O4. The molecule has 1 rings (SSSR count). The number of amides is 3. The molecule has 0 aromatic carbocycles. The number of imide groups is 1. The number of nitrogens with one attached hydrogen (secondary N) is 2. The topological polar surface area (TPSA) is 95.5 Å². The van der Waals surface area contributed by atoms with E-state index >= 15 is 0 Å². The number of carboxylic acid groups (broad SMARTS) is 1. The molecule has 0 spiro atoms. The van der Waals surface area contributed by atoms with Crippen molar-refractivity contribution in [1.29, 1.82) is 0 Å². The molecule has 1 aliphatic carbocycles. The zero-order chi connectivity index (χ0) is 15.0. The van der Waals surface area contributed by atoms with E-state index in [1.165, 1.54) is 6.92 Å². The van der Waals surface area contributed by atoms with Gasteiger partial charge < -0.3 is 10.4 Å². The average Bonchev–Trinajstić information content (AvgIpc) is 2.75. The van der Waals surface area contributed by atoms with E-state index in [-0.39, 0.29) is 12.3 Å². The molecule has 108 valence electrons. The lowest BCUT2D eigenvalue weighted by molar-refractivity contribution is -0.140. The maximum Gasteiger partial charge on any atom is 0.326 e. The first-order chi connectivity index (χ1) is 8.51. The van der Waals surface area contributed by atoms with Crippen LogP contribution in [-0.4, -0.2) is 33.4 Å². The number of carbonyl (C=O) groups is 3. The smallest absolute Gasteiger partial charge is 0.326 e. The third kappa shape index (κ3) is 3.30. The standard InChI is InChI=1S/C11H16Cl2N2O4/c1-5(2)6(7(16)17)14-9(19)15-8(18)10(3)4-11(10,12)13/h5-6H,4H2,1-3H3,(H,16,17)(H2,14,15,18,19)/t6-,10?/m0/s1. The summed E-state index contributed by atoms with van der Waals surface area (Å²) in [6, 6.07) is -1.94. The van der Waals surface area contributed by atoms with Gasteiger partial charge in [-0.25, -0.2) is 9.59 Å². The summed E-state index contributed by atoms with van der Waals surface area (Å²) >= 11 is 11.6. The lowest BCUT2D eigenvalue weighted by Gasteiger charge is -2.19. The van der Waals surface area contributed by atoms with Crippen LogP contribution in [-0.2, 0) is 9.59 Å². The number of urea groups is 1. The van der Waals surface area contributed by atoms with Crippen molar-refractivity contribution in [3.63, 3.8) is 0 Å². The second-order valence-electron chi connectivity index (χ2n) is 5.20. The van der Waals surface area contributed by atoms with E-state index < -0.39 is 33.7 Å². The van der Waals surface area contributed by atoms with Gasteiger partial charge in [0.05, 0.1) is 5.41 Å². The van der Waals surface area contributed by atoms with E-state index in [2.05, 4.69) is 10.6 Å². The first-order valence-corrected chi connectivity index (χ1v) is 6.49. The summed E-state index contributed by atoms with van der Waals surface area (Å²) in [6.07, 6.45) is 0.245. The summed E-state index contributed by atoms with van der Waals surface area (Å²) in [6.45, 7) is 4.82. The molecule has 0 bridgehead atoms. The lowest BCUT2D eigenvalue weighted by Crippen LogP contribution is -2.51. The quantitative estimate of drug-likeness (QED) is 0.686. The Bertz CT molecular complexity index is 425. The van der Waals surface area contributed by atoms with Gasteiger partial charge >= 0.3 is 12.0 Å². The molecule has 19 heavy (non-hydrogen) atoms. The van der Waals surface area contributed by atoms with Crippen LogP contribution in [0.4, 0.5) is 4.79 Å². The molecule has 6 nitrogen and oxygen atoms in total. The third-order valence-corrected chi connectivity index (χ3v) is 4.31. The molecule has 0 heterocycles. The largest absolute Gasteiger partial charge is 0.480 e. The average molecular weight is 311 g/mol. The highest BCUT2D eigenvalue weighted by Gasteiger charge is 2.68. The van der Waals surface area contributed by atoms with Crippen LogP contribution in [0.25, 0.3) is 0 Å². The van der Waals surface area contributed by atoms with Gasteiger partial charge in [-0.15, -0.1) is 23.2 Å². The molecule has 1 saturated carbocycles. The number of halogens is 2. The summed E-state index contributed by atoms with van der Waals surface area (Å²) < 4.78 is -1.18. The number of alkyl halides is 2. The Labute approximate surface area is 120 Å². The molecule has 0 aromatic heterocycles. The fraction of sp³-hybridized carbons (Fsp3) is 0.727. The Hall–Kier alpha value is -1.01. The molecule has 2 atom stereocenters. The zero-order valence-corrected chi connectivity index (χ0v) is 12.3. The maximum atomic E-state index is 11.8. The van der Waals surface area contributed by atoms with Gasteiger partial charge in [0.1, 0.15) is 10.4 Å². The van der Waals surface area contributed by atoms with Crippen LogP contribution in [0.5, 0.6) is 0 Å². The molecule has 3 amide bonds. The molecule has 3 N–H and O–H groups in total. The molecule has 0 aliphatic heterocycles. The van der Waals surface area contributed by atoms with Gasteiger partial charge in [-0.05, 0) is 19.3 Å². The molecule has 1 unspecified atom stereocenters. The predicted molar refractivity (Wildman–Crippen MR) is 70.1 cm³/mol. The van der Waals surface area contributed by atoms with Crippen LogP contribution in [0.3, 0.4) is 0 Å². The third-order valence-electron chi connectivity index (χ3n) is 3.21. The van der Waals surface area contributed by atoms with Gasteiger partial charge in [0.2, 0.25) is 5.91 Å². The normalized spacial score (nSPS) is 25.6. The summed E-state index contributed by atoms with van der Waals surface area (Å²) in [4.78, 5) is 34.3. The number of aliphatic carboxylic acids is 1. The Morgan fingerprint density at radius 2 is 1.74 bits per heavy atom. The summed E-state index contributed by atoms with van der Waals surface area (Å²) in [5.74, 6) is -2.10. The van der Waals surface area contributed by atoms with Crippen LogP contribution in [0.1, 0.15) is 27.2 Å². The Balaban J connectivity index is 2.57. The second kappa shape index (κ2) is 5.17. The Morgan fingerprint density at radius 3 is 2.05 bits per heavy atom. The summed E-state index contributed by atoms with van der Waals surface area (Å²) in [7, 11) is 0. The van der Waals surface area contributed by atoms with Crippen LogP contribution in [0.15, 0.2) is 0 Å². The second-order valence-corrected chi connectivity index (χ2v) is 6.68. The predicted octanol–water partition coefficient (Wildman–Crippen LogP) is 1.51. The van der Waals surface area contributed by atoms with E-state index in [1.54, 1.807) is 13.8 Å². The maximum absolute atomic E-state index is 11.8. The van der Waals surface area contributed by atoms with Gasteiger partial charge in [0, 0.05) is 0 Å². The minimum atomic E-state index is -1.18. The minimum Gasteiger partial charge on any atom is -0.480 e. The minimum absolute atomic E-state index is 0.245. The Kier molecular flexibility index (Phi) is 4.37. The van der Waals surface area contributed by atoms with E-state index in [0.29, 0.717) is 0 Å². The lowest BCUT2D eigenvalue weighted by atomic mass is 10.1. The first-order valence-electron chi connectivity index (χ1n) is 5.74. The van der Waals surface area contributed by atoms with Crippen LogP contribution in [0.2, 0.25) is 0 Å². The zero-order valence-electron chi connectivity index (χ0n) is 10.8. The number of rotatable bonds is 4. The van der Waals surface area contributed by atoms with Gasteiger partial charge in [-0.2, -0.15) is 0 Å². The van der Waals surface area contributed by atoms with Crippen molar-refractivity contribution >= 4 is 41.1 Å². The Morgan fingerprint density at radius 1 is 1.26 bits per heavy atom. The van der Waals surface area contributed by atoms with E-state index in [0.717, 1.165) is 0 Å². The van der Waals surface area contributed by atoms with E-state index in [9.17, 15) is 14.4 Å². The van der Waals surface area contributed by atoms with Gasteiger partial charge in [0.15, 0.2) is 0 Å². The highest BCUT2D eigenvalue weighted by atomic mass is 35.5. The van der Waals surface area contributed by atoms with Crippen molar-refractivity contribution in [1.82, 2.24) is 10.6 Å². The highest BCUT2D eigenvalue weighted by molar-refractivity contribution is 6.53. The van der Waals surface area contributed by atoms with Gasteiger partial charge in [0.25, 0.3) is 0 Å². The fourth-order valence-corrected chi connectivity index (χ4v) is 2.28. The van der Waals surface area contributed by atoms with Crippen LogP contribution in [0, 0.1) is 11.3 Å². The van der Waals surface area contributed by atoms with Gasteiger partial charge in [-0.1, -0.05) is 13.8 Å². The number of carboxylic acids is 1. The first kappa shape index (κ1) is 16.0. The molecule has 8 heteroatoms. The van der Waals surface area contributed by atoms with E-state index in [4.69, 9.17) is 28.3 Å². The number of hydrogen-bond donors (Lipinski definition) is 3. The molecule has 0 radical (unpaired) electrons. The van der Waals surface area contributed by atoms with E-state index in [1.807, 2.05) is 0 Å². The molecular weight excluding hydrogens is 295 g/mol. The van der Waals surface area contributed by atoms with Crippen molar-refractivity contribution in [3.8, 4) is 0 Å².